The van der Waals surface area contributed by atoms with Crippen molar-refractivity contribution in [1.29, 1.82) is 0 Å². The molecule has 100 valence electrons. The quantitative estimate of drug-likeness (QED) is 0.892. The van der Waals surface area contributed by atoms with Gasteiger partial charge in [-0.3, -0.25) is 0 Å². The van der Waals surface area contributed by atoms with Crippen LogP contribution in [-0.4, -0.2) is 26.5 Å². The summed E-state index contributed by atoms with van der Waals surface area (Å²) in [4.78, 5) is 17.3. The van der Waals surface area contributed by atoms with Gasteiger partial charge in [0.05, 0.1) is 5.69 Å². The minimum atomic E-state index is 0.807. The Hall–Kier alpha value is -2.04. The monoisotopic (exact) mass is 257 g/mol. The minimum absolute atomic E-state index is 0.807. The highest BCUT2D eigenvalue weighted by molar-refractivity contribution is 5.66. The second kappa shape index (κ2) is 6.22. The van der Waals surface area contributed by atoms with E-state index in [1.165, 1.54) is 6.33 Å². The van der Waals surface area contributed by atoms with Gasteiger partial charge < -0.3 is 5.32 Å². The summed E-state index contributed by atoms with van der Waals surface area (Å²) in [6, 6.07) is 0. The van der Waals surface area contributed by atoms with E-state index < -0.39 is 0 Å². The molecule has 0 aliphatic heterocycles. The molecule has 0 fully saturated rings. The smallest absolute Gasteiger partial charge is 0.133 e. The third kappa shape index (κ3) is 3.05. The van der Waals surface area contributed by atoms with Crippen LogP contribution < -0.4 is 5.32 Å². The Bertz CT molecular complexity index is 539. The molecule has 0 bridgehead atoms. The average molecular weight is 257 g/mol. The fraction of sp³-hybridized carbons (Fsp3) is 0.429. The highest BCUT2D eigenvalue weighted by Gasteiger charge is 2.12. The number of aromatic nitrogens is 4. The molecule has 0 spiro atoms. The third-order valence-corrected chi connectivity index (χ3v) is 2.88. The molecular weight excluding hydrogens is 238 g/mol. The molecule has 0 saturated carbocycles. The topological polar surface area (TPSA) is 63.6 Å². The summed E-state index contributed by atoms with van der Waals surface area (Å²) >= 11 is 0. The van der Waals surface area contributed by atoms with Crippen molar-refractivity contribution < 1.29 is 0 Å². The van der Waals surface area contributed by atoms with Gasteiger partial charge in [-0.1, -0.05) is 13.8 Å². The summed E-state index contributed by atoms with van der Waals surface area (Å²) in [5.41, 5.74) is 2.88. The lowest BCUT2D eigenvalue weighted by molar-refractivity contribution is 0.910. The van der Waals surface area contributed by atoms with Gasteiger partial charge in [0.2, 0.25) is 0 Å². The van der Waals surface area contributed by atoms with Crippen LogP contribution in [0.1, 0.15) is 31.7 Å². The lowest BCUT2D eigenvalue weighted by Crippen LogP contribution is -2.08. The minimum Gasteiger partial charge on any atom is -0.370 e. The fourth-order valence-electron chi connectivity index (χ4n) is 1.84. The standard InChI is InChI=1S/C14H19N5/c1-4-6-17-14-10(3)13(18-12(5-2)19-14)11-7-15-9-16-8-11/h7-9H,4-6H2,1-3H3,(H,17,18,19). The first kappa shape index (κ1) is 13.4. The summed E-state index contributed by atoms with van der Waals surface area (Å²) in [6.45, 7) is 7.13. The molecule has 2 rings (SSSR count). The maximum Gasteiger partial charge on any atom is 0.133 e. The third-order valence-electron chi connectivity index (χ3n) is 2.88. The van der Waals surface area contributed by atoms with Crippen LogP contribution in [-0.2, 0) is 6.42 Å². The van der Waals surface area contributed by atoms with Crippen LogP contribution in [0, 0.1) is 6.92 Å². The van der Waals surface area contributed by atoms with Gasteiger partial charge in [-0.25, -0.2) is 19.9 Å². The molecule has 2 aromatic rings. The van der Waals surface area contributed by atoms with Gasteiger partial charge in [-0.05, 0) is 13.3 Å². The summed E-state index contributed by atoms with van der Waals surface area (Å²) < 4.78 is 0. The van der Waals surface area contributed by atoms with Crippen molar-refractivity contribution in [2.24, 2.45) is 0 Å². The number of nitrogens with one attached hydrogen (secondary N) is 1. The lowest BCUT2D eigenvalue weighted by atomic mass is 10.1. The van der Waals surface area contributed by atoms with Gasteiger partial charge in [-0.2, -0.15) is 0 Å². The summed E-state index contributed by atoms with van der Waals surface area (Å²) in [7, 11) is 0. The van der Waals surface area contributed by atoms with Crippen LogP contribution in [0.3, 0.4) is 0 Å². The van der Waals surface area contributed by atoms with E-state index in [2.05, 4.69) is 39.1 Å². The average Bonchev–Trinajstić information content (AvgIpc) is 2.47. The Morgan fingerprint density at radius 3 is 2.47 bits per heavy atom. The van der Waals surface area contributed by atoms with E-state index in [1.54, 1.807) is 12.4 Å². The van der Waals surface area contributed by atoms with Gasteiger partial charge in [0.1, 0.15) is 18.0 Å². The summed E-state index contributed by atoms with van der Waals surface area (Å²) in [5.74, 6) is 1.75. The molecule has 0 aliphatic rings. The first-order chi connectivity index (χ1) is 9.26. The van der Waals surface area contributed by atoms with Crippen molar-refractivity contribution in [1.82, 2.24) is 19.9 Å². The van der Waals surface area contributed by atoms with E-state index in [1.807, 2.05) is 6.92 Å². The lowest BCUT2D eigenvalue weighted by Gasteiger charge is -2.13. The number of anilines is 1. The van der Waals surface area contributed by atoms with E-state index in [9.17, 15) is 0 Å². The molecule has 0 radical (unpaired) electrons. The molecule has 0 aliphatic carbocycles. The second-order valence-electron chi connectivity index (χ2n) is 4.37. The van der Waals surface area contributed by atoms with Gasteiger partial charge in [-0.15, -0.1) is 0 Å². The van der Waals surface area contributed by atoms with Crippen molar-refractivity contribution in [3.05, 3.63) is 30.1 Å². The zero-order valence-electron chi connectivity index (χ0n) is 11.6. The van der Waals surface area contributed by atoms with Crippen LogP contribution in [0.25, 0.3) is 11.3 Å². The Balaban J connectivity index is 2.47. The molecule has 0 unspecified atom stereocenters. The van der Waals surface area contributed by atoms with Gasteiger partial charge in [0.15, 0.2) is 0 Å². The van der Waals surface area contributed by atoms with Crippen LogP contribution in [0.4, 0.5) is 5.82 Å². The molecule has 0 aromatic carbocycles. The highest BCUT2D eigenvalue weighted by Crippen LogP contribution is 2.24. The van der Waals surface area contributed by atoms with Gasteiger partial charge in [0.25, 0.3) is 0 Å². The molecule has 19 heavy (non-hydrogen) atoms. The Kier molecular flexibility index (Phi) is 4.39. The van der Waals surface area contributed by atoms with Crippen molar-refractivity contribution in [2.75, 3.05) is 11.9 Å². The predicted octanol–water partition coefficient (Wildman–Crippen LogP) is 2.63. The summed E-state index contributed by atoms with van der Waals surface area (Å²) in [6.07, 6.45) is 6.96. The molecule has 5 nitrogen and oxygen atoms in total. The van der Waals surface area contributed by atoms with E-state index in [0.29, 0.717) is 0 Å². The number of aryl methyl sites for hydroxylation is 1. The molecule has 0 saturated heterocycles. The van der Waals surface area contributed by atoms with Crippen LogP contribution in [0.15, 0.2) is 18.7 Å². The molecule has 2 heterocycles. The number of hydrogen-bond donors (Lipinski definition) is 1. The van der Waals surface area contributed by atoms with Crippen molar-refractivity contribution >= 4 is 5.82 Å². The molecule has 0 amide bonds. The number of rotatable bonds is 5. The molecule has 2 aromatic heterocycles. The van der Waals surface area contributed by atoms with Crippen molar-refractivity contribution in [3.8, 4) is 11.3 Å². The van der Waals surface area contributed by atoms with Crippen LogP contribution >= 0.6 is 0 Å². The van der Waals surface area contributed by atoms with Gasteiger partial charge in [0, 0.05) is 36.5 Å². The van der Waals surface area contributed by atoms with E-state index in [-0.39, 0.29) is 0 Å². The Morgan fingerprint density at radius 1 is 1.11 bits per heavy atom. The Labute approximate surface area is 113 Å². The molecular formula is C14H19N5. The second-order valence-corrected chi connectivity index (χ2v) is 4.37. The molecule has 1 N–H and O–H groups in total. The highest BCUT2D eigenvalue weighted by atomic mass is 15.0. The predicted molar refractivity (Wildman–Crippen MR) is 76.0 cm³/mol. The van der Waals surface area contributed by atoms with E-state index >= 15 is 0 Å². The first-order valence-electron chi connectivity index (χ1n) is 6.63. The normalized spacial score (nSPS) is 10.5. The van der Waals surface area contributed by atoms with E-state index in [0.717, 1.165) is 47.8 Å². The fourth-order valence-corrected chi connectivity index (χ4v) is 1.84. The van der Waals surface area contributed by atoms with Crippen molar-refractivity contribution in [2.45, 2.75) is 33.6 Å². The van der Waals surface area contributed by atoms with Crippen LogP contribution in [0.5, 0.6) is 0 Å². The Morgan fingerprint density at radius 2 is 1.84 bits per heavy atom. The molecule has 0 atom stereocenters. The zero-order chi connectivity index (χ0) is 13.7. The number of nitrogens with zero attached hydrogens (tertiary/aromatic N) is 4. The largest absolute Gasteiger partial charge is 0.370 e. The van der Waals surface area contributed by atoms with Crippen LogP contribution in [0.2, 0.25) is 0 Å². The van der Waals surface area contributed by atoms with E-state index in [4.69, 9.17) is 0 Å². The first-order valence-corrected chi connectivity index (χ1v) is 6.63. The molecule has 5 heteroatoms. The summed E-state index contributed by atoms with van der Waals surface area (Å²) in [5, 5.41) is 3.36. The maximum absolute atomic E-state index is 4.60. The van der Waals surface area contributed by atoms with Crippen molar-refractivity contribution in [3.63, 3.8) is 0 Å². The maximum atomic E-state index is 4.60. The van der Waals surface area contributed by atoms with Gasteiger partial charge >= 0.3 is 0 Å². The number of hydrogen-bond acceptors (Lipinski definition) is 5. The zero-order valence-corrected chi connectivity index (χ0v) is 11.6. The SMILES string of the molecule is CCCNc1nc(CC)nc(-c2cncnc2)c1C.